The predicted octanol–water partition coefficient (Wildman–Crippen LogP) is 2.98. The lowest BCUT2D eigenvalue weighted by molar-refractivity contribution is -0.124. The lowest BCUT2D eigenvalue weighted by Crippen LogP contribution is -2.22. The number of esters is 1. The Hall–Kier alpha value is -3.04. The molecule has 0 aliphatic carbocycles. The smallest absolute Gasteiger partial charge is 0.338 e. The molecule has 148 valence electrons. The molecular weight excluding hydrogens is 410 g/mol. The number of hydrogen-bond donors (Lipinski definition) is 1. The summed E-state index contributed by atoms with van der Waals surface area (Å²) < 4.78 is 5.45. The maximum atomic E-state index is 12.1. The van der Waals surface area contributed by atoms with Gasteiger partial charge in [0, 0.05) is 5.69 Å². The number of anilines is 1. The normalized spacial score (nSPS) is 13.8. The van der Waals surface area contributed by atoms with Gasteiger partial charge in [-0.25, -0.2) is 4.79 Å². The number of nitrogens with zero attached hydrogens (tertiary/aromatic N) is 2. The molecule has 1 aliphatic heterocycles. The number of carbonyl (C=O) groups excluding carboxylic acids is 3. The molecule has 9 heteroatoms. The minimum absolute atomic E-state index is 0.166. The van der Waals surface area contributed by atoms with Crippen molar-refractivity contribution in [3.63, 3.8) is 0 Å². The van der Waals surface area contributed by atoms with Crippen LogP contribution in [0.4, 0.5) is 5.69 Å². The van der Waals surface area contributed by atoms with E-state index in [0.29, 0.717) is 26.9 Å². The molecule has 2 amide bonds. The van der Waals surface area contributed by atoms with E-state index in [1.165, 1.54) is 23.0 Å². The van der Waals surface area contributed by atoms with Crippen LogP contribution in [-0.2, 0) is 14.3 Å². The van der Waals surface area contributed by atoms with Crippen LogP contribution in [0.25, 0.3) is 0 Å². The molecule has 1 heterocycles. The van der Waals surface area contributed by atoms with Gasteiger partial charge in [0.05, 0.1) is 17.5 Å². The predicted molar refractivity (Wildman–Crippen MR) is 116 cm³/mol. The largest absolute Gasteiger partial charge is 0.452 e. The summed E-state index contributed by atoms with van der Waals surface area (Å²) in [4.78, 5) is 35.6. The molecule has 2 aromatic rings. The molecule has 0 saturated carbocycles. The molecule has 0 atom stereocenters. The minimum Gasteiger partial charge on any atom is -0.452 e. The maximum absolute atomic E-state index is 12.1. The number of aryl methyl sites for hydroxylation is 1. The summed E-state index contributed by atoms with van der Waals surface area (Å²) in [7, 11) is 0. The number of nitrogens with one attached hydrogen (secondary N) is 1. The highest BCUT2D eigenvalue weighted by atomic mass is 32.2. The molecule has 1 aliphatic rings. The molecule has 3 rings (SSSR count). The molecule has 1 saturated heterocycles. The topological polar surface area (TPSA) is 88.1 Å². The lowest BCUT2D eigenvalue weighted by Gasteiger charge is -2.08. The maximum Gasteiger partial charge on any atom is 0.338 e. The SMILES string of the molecule is Cc1ccc(NC(=O)COC(=O)c2ccc(/C=N\N3C(=O)CSC3=S)cc2)cc1. The van der Waals surface area contributed by atoms with E-state index in [4.69, 9.17) is 17.0 Å². The summed E-state index contributed by atoms with van der Waals surface area (Å²) in [6, 6.07) is 13.7. The van der Waals surface area contributed by atoms with Gasteiger partial charge in [0.15, 0.2) is 10.9 Å². The van der Waals surface area contributed by atoms with Crippen molar-refractivity contribution in [3.8, 4) is 0 Å². The van der Waals surface area contributed by atoms with Crippen molar-refractivity contribution >= 4 is 58.0 Å². The van der Waals surface area contributed by atoms with Gasteiger partial charge in [0.1, 0.15) is 0 Å². The first-order valence-electron chi connectivity index (χ1n) is 8.60. The first-order valence-corrected chi connectivity index (χ1v) is 9.99. The average Bonchev–Trinajstić information content (AvgIpc) is 3.04. The van der Waals surface area contributed by atoms with Crippen LogP contribution in [0, 0.1) is 6.92 Å². The number of amides is 2. The molecular formula is C20H17N3O4S2. The van der Waals surface area contributed by atoms with Crippen LogP contribution < -0.4 is 5.32 Å². The number of benzene rings is 2. The highest BCUT2D eigenvalue weighted by molar-refractivity contribution is 8.23. The monoisotopic (exact) mass is 427 g/mol. The zero-order chi connectivity index (χ0) is 20.8. The number of hydrogen-bond acceptors (Lipinski definition) is 7. The first-order chi connectivity index (χ1) is 13.9. The average molecular weight is 428 g/mol. The second-order valence-corrected chi connectivity index (χ2v) is 7.73. The van der Waals surface area contributed by atoms with Crippen LogP contribution in [0.2, 0.25) is 0 Å². The van der Waals surface area contributed by atoms with E-state index in [9.17, 15) is 14.4 Å². The van der Waals surface area contributed by atoms with Gasteiger partial charge in [0.25, 0.3) is 11.8 Å². The Kier molecular flexibility index (Phi) is 6.73. The van der Waals surface area contributed by atoms with E-state index in [-0.39, 0.29) is 12.5 Å². The van der Waals surface area contributed by atoms with Crippen molar-refractivity contribution in [1.82, 2.24) is 5.01 Å². The zero-order valence-corrected chi connectivity index (χ0v) is 17.1. The molecule has 0 aromatic heterocycles. The van der Waals surface area contributed by atoms with Crippen LogP contribution in [0.5, 0.6) is 0 Å². The van der Waals surface area contributed by atoms with Gasteiger partial charge in [-0.15, -0.1) is 0 Å². The second-order valence-electron chi connectivity index (χ2n) is 6.12. The fourth-order valence-corrected chi connectivity index (χ4v) is 3.30. The number of carbonyl (C=O) groups is 3. The van der Waals surface area contributed by atoms with Gasteiger partial charge in [-0.2, -0.15) is 10.1 Å². The van der Waals surface area contributed by atoms with Crippen LogP contribution in [0.3, 0.4) is 0 Å². The van der Waals surface area contributed by atoms with E-state index in [2.05, 4.69) is 10.4 Å². The lowest BCUT2D eigenvalue weighted by atomic mass is 10.1. The van der Waals surface area contributed by atoms with Gasteiger partial charge >= 0.3 is 5.97 Å². The molecule has 1 N–H and O–H groups in total. The number of ether oxygens (including phenoxy) is 1. The first kappa shape index (κ1) is 20.7. The highest BCUT2D eigenvalue weighted by Crippen LogP contribution is 2.19. The Morgan fingerprint density at radius 3 is 2.52 bits per heavy atom. The second kappa shape index (κ2) is 9.44. The van der Waals surface area contributed by atoms with Crippen LogP contribution in [0.15, 0.2) is 53.6 Å². The van der Waals surface area contributed by atoms with Crippen molar-refractivity contribution in [2.75, 3.05) is 17.7 Å². The van der Waals surface area contributed by atoms with Gasteiger partial charge in [-0.3, -0.25) is 9.59 Å². The van der Waals surface area contributed by atoms with E-state index in [1.54, 1.807) is 36.4 Å². The Morgan fingerprint density at radius 2 is 1.90 bits per heavy atom. The minimum atomic E-state index is -0.611. The summed E-state index contributed by atoms with van der Waals surface area (Å²) in [6.45, 7) is 1.56. The molecule has 0 radical (unpaired) electrons. The van der Waals surface area contributed by atoms with Gasteiger partial charge in [-0.1, -0.05) is 53.8 Å². The molecule has 7 nitrogen and oxygen atoms in total. The number of rotatable bonds is 6. The zero-order valence-electron chi connectivity index (χ0n) is 15.5. The van der Waals surface area contributed by atoms with Gasteiger partial charge < -0.3 is 10.1 Å². The fraction of sp³-hybridized carbons (Fsp3) is 0.150. The van der Waals surface area contributed by atoms with E-state index >= 15 is 0 Å². The summed E-state index contributed by atoms with van der Waals surface area (Å²) in [5.74, 6) is -0.909. The Balaban J connectivity index is 1.51. The standard InChI is InChI=1S/C20H17N3O4S2/c1-13-2-8-16(9-3-13)22-17(24)11-27-19(26)15-6-4-14(5-7-15)10-21-23-18(25)12-29-20(23)28/h2-10H,11-12H2,1H3,(H,22,24)/b21-10-. The molecule has 29 heavy (non-hydrogen) atoms. The van der Waals surface area contributed by atoms with E-state index < -0.39 is 11.9 Å². The Labute approximate surface area is 177 Å². The van der Waals surface area contributed by atoms with Crippen molar-refractivity contribution in [2.45, 2.75) is 6.92 Å². The van der Waals surface area contributed by atoms with E-state index in [0.717, 1.165) is 5.56 Å². The van der Waals surface area contributed by atoms with Crippen molar-refractivity contribution in [2.24, 2.45) is 5.10 Å². The van der Waals surface area contributed by atoms with Crippen LogP contribution in [-0.4, -0.2) is 45.7 Å². The Bertz CT molecular complexity index is 956. The van der Waals surface area contributed by atoms with Crippen molar-refractivity contribution < 1.29 is 19.1 Å². The number of thioether (sulfide) groups is 1. The Morgan fingerprint density at radius 1 is 1.21 bits per heavy atom. The van der Waals surface area contributed by atoms with Crippen LogP contribution in [0.1, 0.15) is 21.5 Å². The molecule has 1 fully saturated rings. The highest BCUT2D eigenvalue weighted by Gasteiger charge is 2.25. The fourth-order valence-electron chi connectivity index (χ4n) is 2.34. The summed E-state index contributed by atoms with van der Waals surface area (Å²) >= 11 is 6.31. The molecule has 0 bridgehead atoms. The number of hydrazone groups is 1. The third-order valence-electron chi connectivity index (χ3n) is 3.87. The molecule has 0 spiro atoms. The summed E-state index contributed by atoms with van der Waals surface area (Å²) in [5.41, 5.74) is 2.70. The molecule has 2 aromatic carbocycles. The van der Waals surface area contributed by atoms with E-state index in [1.807, 2.05) is 19.1 Å². The van der Waals surface area contributed by atoms with Gasteiger partial charge in [0.2, 0.25) is 0 Å². The quantitative estimate of drug-likeness (QED) is 0.433. The van der Waals surface area contributed by atoms with Gasteiger partial charge in [-0.05, 0) is 36.8 Å². The van der Waals surface area contributed by atoms with Crippen molar-refractivity contribution in [3.05, 3.63) is 65.2 Å². The summed E-state index contributed by atoms with van der Waals surface area (Å²) in [5, 5.41) is 7.90. The van der Waals surface area contributed by atoms with Crippen LogP contribution >= 0.6 is 24.0 Å². The van der Waals surface area contributed by atoms with Crippen molar-refractivity contribution in [1.29, 1.82) is 0 Å². The third kappa shape index (κ3) is 5.72. The summed E-state index contributed by atoms with van der Waals surface area (Å²) in [6.07, 6.45) is 1.49. The molecule has 0 unspecified atom stereocenters. The number of thiocarbonyl (C=S) groups is 1. The third-order valence-corrected chi connectivity index (χ3v) is 5.20.